The molecule has 166 valence electrons. The molecule has 0 unspecified atom stereocenters. The minimum Gasteiger partial charge on any atom is -0.353 e. The number of hydrogen-bond acceptors (Lipinski definition) is 9. The molecule has 0 radical (unpaired) electrons. The standard InChI is InChI=1S/C19H19ClN8O2S2/c1-3-12-15(20)14-17(24-12)25-19(26-18(14)28-8-10(9-28)27-32(2,29)30)31-11-6-13-16(23-7-11)22-5-4-21-13/h4-7,10,27H,3,8-9H2,1-2H3,(H,24,25,26). The van der Waals surface area contributed by atoms with Crippen LogP contribution in [0.25, 0.3) is 22.2 Å². The normalized spacial score (nSPS) is 14.9. The van der Waals surface area contributed by atoms with Crippen LogP contribution in [0.15, 0.2) is 34.7 Å². The average Bonchev–Trinajstić information content (AvgIpc) is 3.05. The molecule has 4 aromatic rings. The van der Waals surface area contributed by atoms with E-state index in [9.17, 15) is 8.42 Å². The average molecular weight is 491 g/mol. The van der Waals surface area contributed by atoms with Gasteiger partial charge in [-0.05, 0) is 24.2 Å². The Kier molecular flexibility index (Phi) is 5.40. The van der Waals surface area contributed by atoms with Crippen molar-refractivity contribution in [2.75, 3.05) is 24.2 Å². The van der Waals surface area contributed by atoms with Gasteiger partial charge in [-0.3, -0.25) is 4.98 Å². The van der Waals surface area contributed by atoms with E-state index in [4.69, 9.17) is 16.6 Å². The first-order valence-electron chi connectivity index (χ1n) is 9.85. The number of aromatic nitrogens is 6. The molecular weight excluding hydrogens is 472 g/mol. The smallest absolute Gasteiger partial charge is 0.209 e. The second kappa shape index (κ2) is 8.10. The Labute approximate surface area is 193 Å². The lowest BCUT2D eigenvalue weighted by Gasteiger charge is -2.40. The Morgan fingerprint density at radius 1 is 1.25 bits per heavy atom. The maximum absolute atomic E-state index is 11.5. The van der Waals surface area contributed by atoms with Crippen LogP contribution < -0.4 is 9.62 Å². The van der Waals surface area contributed by atoms with E-state index >= 15 is 0 Å². The maximum atomic E-state index is 11.5. The summed E-state index contributed by atoms with van der Waals surface area (Å²) in [6.07, 6.45) is 6.82. The minimum atomic E-state index is -3.27. The first-order valence-corrected chi connectivity index (χ1v) is 12.9. The van der Waals surface area contributed by atoms with Gasteiger partial charge in [0.15, 0.2) is 10.8 Å². The summed E-state index contributed by atoms with van der Waals surface area (Å²) in [6, 6.07) is 1.72. The van der Waals surface area contributed by atoms with Crippen LogP contribution in [0, 0.1) is 0 Å². The highest BCUT2D eigenvalue weighted by atomic mass is 35.5. The molecule has 2 N–H and O–H groups in total. The topological polar surface area (TPSA) is 130 Å². The van der Waals surface area contributed by atoms with Gasteiger partial charge in [-0.1, -0.05) is 18.5 Å². The number of pyridine rings is 1. The van der Waals surface area contributed by atoms with Gasteiger partial charge in [0, 0.05) is 42.3 Å². The van der Waals surface area contributed by atoms with Crippen molar-refractivity contribution in [3.05, 3.63) is 35.4 Å². The van der Waals surface area contributed by atoms with Crippen LogP contribution in [-0.4, -0.2) is 63.7 Å². The van der Waals surface area contributed by atoms with Crippen molar-refractivity contribution < 1.29 is 8.42 Å². The highest BCUT2D eigenvalue weighted by Gasteiger charge is 2.32. The molecule has 1 aliphatic rings. The lowest BCUT2D eigenvalue weighted by atomic mass is 10.1. The van der Waals surface area contributed by atoms with Gasteiger partial charge < -0.3 is 9.88 Å². The number of nitrogens with zero attached hydrogens (tertiary/aromatic N) is 6. The van der Waals surface area contributed by atoms with Crippen LogP contribution in [-0.2, 0) is 16.4 Å². The molecule has 5 heterocycles. The monoisotopic (exact) mass is 490 g/mol. The van der Waals surface area contributed by atoms with Crippen LogP contribution in [0.2, 0.25) is 5.02 Å². The predicted molar refractivity (Wildman–Crippen MR) is 124 cm³/mol. The molecule has 0 saturated carbocycles. The van der Waals surface area contributed by atoms with Gasteiger partial charge in [0.1, 0.15) is 17.0 Å². The Bertz CT molecular complexity index is 1440. The molecule has 1 fully saturated rings. The number of fused-ring (bicyclic) bond motifs is 2. The molecule has 0 amide bonds. The van der Waals surface area contributed by atoms with Crippen molar-refractivity contribution in [1.82, 2.24) is 34.6 Å². The highest BCUT2D eigenvalue weighted by molar-refractivity contribution is 7.99. The highest BCUT2D eigenvalue weighted by Crippen LogP contribution is 2.38. The molecule has 5 rings (SSSR count). The molecule has 10 nitrogen and oxygen atoms in total. The summed E-state index contributed by atoms with van der Waals surface area (Å²) in [5, 5.41) is 1.86. The van der Waals surface area contributed by atoms with E-state index in [1.165, 1.54) is 11.8 Å². The third kappa shape index (κ3) is 4.10. The number of H-pyrrole nitrogens is 1. The second-order valence-corrected chi connectivity index (χ2v) is 10.7. The summed E-state index contributed by atoms with van der Waals surface area (Å²) in [4.78, 5) is 28.4. The van der Waals surface area contributed by atoms with Crippen LogP contribution in [0.4, 0.5) is 5.82 Å². The van der Waals surface area contributed by atoms with E-state index in [2.05, 4.69) is 29.6 Å². The zero-order chi connectivity index (χ0) is 22.5. The van der Waals surface area contributed by atoms with Gasteiger partial charge in [0.2, 0.25) is 10.0 Å². The lowest BCUT2D eigenvalue weighted by Crippen LogP contribution is -2.59. The molecule has 32 heavy (non-hydrogen) atoms. The molecule has 0 spiro atoms. The van der Waals surface area contributed by atoms with Crippen molar-refractivity contribution in [3.8, 4) is 0 Å². The number of sulfonamides is 1. The zero-order valence-electron chi connectivity index (χ0n) is 17.2. The summed E-state index contributed by atoms with van der Waals surface area (Å²) < 4.78 is 25.7. The molecule has 13 heteroatoms. The van der Waals surface area contributed by atoms with E-state index in [0.717, 1.165) is 28.7 Å². The third-order valence-corrected chi connectivity index (χ3v) is 7.05. The number of halogens is 1. The molecule has 0 aromatic carbocycles. The van der Waals surface area contributed by atoms with E-state index in [1.807, 2.05) is 17.9 Å². The second-order valence-electron chi connectivity index (χ2n) is 7.49. The Morgan fingerprint density at radius 2 is 2.03 bits per heavy atom. The SMILES string of the molecule is CCc1[nH]c2nc(Sc3cnc4nccnc4c3)nc(N3CC(NS(C)(=O)=O)C3)c2c1Cl. The molecule has 0 aliphatic carbocycles. The minimum absolute atomic E-state index is 0.169. The van der Waals surface area contributed by atoms with Gasteiger partial charge in [-0.15, -0.1) is 0 Å². The van der Waals surface area contributed by atoms with Gasteiger partial charge in [0.25, 0.3) is 0 Å². The van der Waals surface area contributed by atoms with E-state index in [0.29, 0.717) is 45.9 Å². The number of anilines is 1. The van der Waals surface area contributed by atoms with Crippen molar-refractivity contribution >= 4 is 61.4 Å². The fourth-order valence-corrected chi connectivity index (χ4v) is 5.48. The van der Waals surface area contributed by atoms with Crippen molar-refractivity contribution in [2.45, 2.75) is 29.4 Å². The number of aryl methyl sites for hydroxylation is 1. The Balaban J connectivity index is 1.51. The van der Waals surface area contributed by atoms with Crippen LogP contribution >= 0.6 is 23.4 Å². The summed E-state index contributed by atoms with van der Waals surface area (Å²) >= 11 is 7.99. The number of nitrogens with one attached hydrogen (secondary N) is 2. The first kappa shape index (κ1) is 21.3. The summed E-state index contributed by atoms with van der Waals surface area (Å²) in [7, 11) is -3.27. The molecule has 0 bridgehead atoms. The molecule has 4 aromatic heterocycles. The van der Waals surface area contributed by atoms with E-state index in [1.54, 1.807) is 18.6 Å². The first-order chi connectivity index (χ1) is 15.3. The molecular formula is C19H19ClN8O2S2. The Morgan fingerprint density at radius 3 is 2.78 bits per heavy atom. The van der Waals surface area contributed by atoms with E-state index < -0.39 is 10.0 Å². The lowest BCUT2D eigenvalue weighted by molar-refractivity contribution is 0.468. The van der Waals surface area contributed by atoms with Gasteiger partial charge >= 0.3 is 0 Å². The zero-order valence-corrected chi connectivity index (χ0v) is 19.6. The predicted octanol–water partition coefficient (Wildman–Crippen LogP) is 2.40. The number of aromatic amines is 1. The van der Waals surface area contributed by atoms with Crippen molar-refractivity contribution in [2.24, 2.45) is 0 Å². The van der Waals surface area contributed by atoms with Crippen LogP contribution in [0.3, 0.4) is 0 Å². The fourth-order valence-electron chi connectivity index (χ4n) is 3.62. The van der Waals surface area contributed by atoms with Crippen LogP contribution in [0.5, 0.6) is 0 Å². The summed E-state index contributed by atoms with van der Waals surface area (Å²) in [5.74, 6) is 0.679. The fraction of sp³-hybridized carbons (Fsp3) is 0.316. The summed E-state index contributed by atoms with van der Waals surface area (Å²) in [5.41, 5.74) is 2.79. The molecule has 0 atom stereocenters. The Hall–Kier alpha value is -2.54. The molecule has 1 aliphatic heterocycles. The third-order valence-electron chi connectivity index (χ3n) is 5.05. The summed E-state index contributed by atoms with van der Waals surface area (Å²) in [6.45, 7) is 3.01. The quantitative estimate of drug-likeness (QED) is 0.391. The van der Waals surface area contributed by atoms with Crippen LogP contribution in [0.1, 0.15) is 12.6 Å². The van der Waals surface area contributed by atoms with Crippen molar-refractivity contribution in [3.63, 3.8) is 0 Å². The number of hydrogen-bond donors (Lipinski definition) is 2. The van der Waals surface area contributed by atoms with Gasteiger partial charge in [0.05, 0.1) is 22.7 Å². The molecule has 1 saturated heterocycles. The number of rotatable bonds is 6. The maximum Gasteiger partial charge on any atom is 0.209 e. The van der Waals surface area contributed by atoms with Gasteiger partial charge in [-0.25, -0.2) is 33.1 Å². The van der Waals surface area contributed by atoms with Crippen molar-refractivity contribution in [1.29, 1.82) is 0 Å². The largest absolute Gasteiger partial charge is 0.353 e. The van der Waals surface area contributed by atoms with Gasteiger partial charge in [-0.2, -0.15) is 0 Å². The van der Waals surface area contributed by atoms with E-state index in [-0.39, 0.29) is 6.04 Å².